The van der Waals surface area contributed by atoms with E-state index in [4.69, 9.17) is 20.3 Å². The quantitative estimate of drug-likeness (QED) is 0.779. The zero-order valence-electron chi connectivity index (χ0n) is 12.2. The Morgan fingerprint density at radius 2 is 2.29 bits per heavy atom. The molecular weight excluding hydrogens is 272 g/mol. The number of hydrogen-bond acceptors (Lipinski definition) is 5. The molecule has 3 N–H and O–H groups in total. The molecule has 1 saturated heterocycles. The molecule has 0 aliphatic carbocycles. The maximum absolute atomic E-state index is 12.2. The maximum atomic E-state index is 12.2. The summed E-state index contributed by atoms with van der Waals surface area (Å²) in [5.74, 6) is 0.590. The second-order valence-corrected chi connectivity index (χ2v) is 5.17. The number of para-hydroxylation sites is 2. The number of amides is 1. The molecule has 1 aromatic rings. The van der Waals surface area contributed by atoms with Crippen molar-refractivity contribution in [2.75, 3.05) is 32.1 Å². The summed E-state index contributed by atoms with van der Waals surface area (Å²) in [5.41, 5.74) is 6.33. The normalized spacial score (nSPS) is 22.1. The number of anilines is 1. The predicted octanol–water partition coefficient (Wildman–Crippen LogP) is 0.646. The molecule has 1 heterocycles. The largest absolute Gasteiger partial charge is 0.491 e. The predicted molar refractivity (Wildman–Crippen MR) is 79.0 cm³/mol. The van der Waals surface area contributed by atoms with Crippen LogP contribution in [0.25, 0.3) is 0 Å². The van der Waals surface area contributed by atoms with E-state index in [0.29, 0.717) is 24.6 Å². The van der Waals surface area contributed by atoms with Crippen molar-refractivity contribution in [3.63, 3.8) is 0 Å². The minimum Gasteiger partial charge on any atom is -0.491 e. The molecule has 0 aromatic heterocycles. The zero-order chi connectivity index (χ0) is 15.2. The van der Waals surface area contributed by atoms with Gasteiger partial charge >= 0.3 is 0 Å². The molecular formula is C15H22N2O4. The summed E-state index contributed by atoms with van der Waals surface area (Å²) in [6.07, 6.45) is -0.0209. The van der Waals surface area contributed by atoms with Crippen molar-refractivity contribution < 1.29 is 19.4 Å². The standard InChI is InChI=1S/C15H22N2O4/c1-11-10-21-12(9-18)8-17(11)15(19)6-7-20-14-5-3-2-4-13(14)16/h2-5,11-12,18H,6-10,16H2,1H3. The van der Waals surface area contributed by atoms with Crippen LogP contribution in [0.15, 0.2) is 24.3 Å². The Kier molecular flexibility index (Phi) is 5.41. The maximum Gasteiger partial charge on any atom is 0.226 e. The van der Waals surface area contributed by atoms with Crippen LogP contribution in [0.5, 0.6) is 5.75 Å². The van der Waals surface area contributed by atoms with Crippen LogP contribution in [-0.2, 0) is 9.53 Å². The van der Waals surface area contributed by atoms with Crippen LogP contribution in [0.1, 0.15) is 13.3 Å². The van der Waals surface area contributed by atoms with Crippen molar-refractivity contribution in [1.29, 1.82) is 0 Å². The van der Waals surface area contributed by atoms with E-state index in [1.165, 1.54) is 0 Å². The molecule has 1 fully saturated rings. The van der Waals surface area contributed by atoms with E-state index in [1.54, 1.807) is 17.0 Å². The number of nitrogens with zero attached hydrogens (tertiary/aromatic N) is 1. The molecule has 1 amide bonds. The lowest BCUT2D eigenvalue weighted by molar-refractivity contribution is -0.146. The Morgan fingerprint density at radius 3 is 3.00 bits per heavy atom. The van der Waals surface area contributed by atoms with Crippen LogP contribution in [0.3, 0.4) is 0 Å². The minimum absolute atomic E-state index is 0.00116. The molecule has 0 saturated carbocycles. The number of benzene rings is 1. The SMILES string of the molecule is CC1COC(CO)CN1C(=O)CCOc1ccccc1N. The summed E-state index contributed by atoms with van der Waals surface area (Å²) < 4.78 is 11.0. The second-order valence-electron chi connectivity index (χ2n) is 5.17. The summed E-state index contributed by atoms with van der Waals surface area (Å²) in [6.45, 7) is 3.00. The van der Waals surface area contributed by atoms with Gasteiger partial charge in [-0.2, -0.15) is 0 Å². The first kappa shape index (κ1) is 15.6. The molecule has 6 heteroatoms. The number of carbonyl (C=O) groups is 1. The summed E-state index contributed by atoms with van der Waals surface area (Å²) in [7, 11) is 0. The molecule has 2 unspecified atom stereocenters. The van der Waals surface area contributed by atoms with Crippen LogP contribution >= 0.6 is 0 Å². The van der Waals surface area contributed by atoms with Gasteiger partial charge in [-0.05, 0) is 19.1 Å². The van der Waals surface area contributed by atoms with Crippen molar-refractivity contribution >= 4 is 11.6 Å². The third kappa shape index (κ3) is 4.09. The second kappa shape index (κ2) is 7.28. The lowest BCUT2D eigenvalue weighted by atomic mass is 10.2. The number of aliphatic hydroxyl groups excluding tert-OH is 1. The van der Waals surface area contributed by atoms with Gasteiger partial charge in [0.1, 0.15) is 5.75 Å². The number of ether oxygens (including phenoxy) is 2. The third-order valence-electron chi connectivity index (χ3n) is 3.52. The van der Waals surface area contributed by atoms with Gasteiger partial charge in [-0.1, -0.05) is 12.1 Å². The highest BCUT2D eigenvalue weighted by Crippen LogP contribution is 2.20. The van der Waals surface area contributed by atoms with Crippen molar-refractivity contribution in [3.05, 3.63) is 24.3 Å². The van der Waals surface area contributed by atoms with E-state index in [0.717, 1.165) is 0 Å². The highest BCUT2D eigenvalue weighted by Gasteiger charge is 2.28. The van der Waals surface area contributed by atoms with Gasteiger partial charge in [0.15, 0.2) is 0 Å². The van der Waals surface area contributed by atoms with Crippen LogP contribution in [0, 0.1) is 0 Å². The van der Waals surface area contributed by atoms with Crippen molar-refractivity contribution in [2.45, 2.75) is 25.5 Å². The van der Waals surface area contributed by atoms with Gasteiger partial charge in [0.25, 0.3) is 0 Å². The first-order chi connectivity index (χ1) is 10.1. The Bertz CT molecular complexity index is 480. The molecule has 0 spiro atoms. The monoisotopic (exact) mass is 294 g/mol. The van der Waals surface area contributed by atoms with E-state index < -0.39 is 0 Å². The van der Waals surface area contributed by atoms with E-state index in [9.17, 15) is 4.79 Å². The third-order valence-corrected chi connectivity index (χ3v) is 3.52. The molecule has 6 nitrogen and oxygen atoms in total. The van der Waals surface area contributed by atoms with E-state index in [2.05, 4.69) is 0 Å². The van der Waals surface area contributed by atoms with Crippen molar-refractivity contribution in [1.82, 2.24) is 4.90 Å². The first-order valence-corrected chi connectivity index (χ1v) is 7.11. The fourth-order valence-electron chi connectivity index (χ4n) is 2.28. The van der Waals surface area contributed by atoms with Gasteiger partial charge in [0, 0.05) is 6.54 Å². The lowest BCUT2D eigenvalue weighted by Crippen LogP contribution is -2.52. The Balaban J connectivity index is 1.82. The minimum atomic E-state index is -0.296. The van der Waals surface area contributed by atoms with Gasteiger partial charge in [-0.3, -0.25) is 4.79 Å². The average molecular weight is 294 g/mol. The van der Waals surface area contributed by atoms with Crippen molar-refractivity contribution in [3.8, 4) is 5.75 Å². The fraction of sp³-hybridized carbons (Fsp3) is 0.533. The van der Waals surface area contributed by atoms with Gasteiger partial charge < -0.3 is 25.2 Å². The van der Waals surface area contributed by atoms with Gasteiger partial charge in [0.2, 0.25) is 5.91 Å². The Hall–Kier alpha value is -1.79. The molecule has 2 atom stereocenters. The lowest BCUT2D eigenvalue weighted by Gasteiger charge is -2.37. The van der Waals surface area contributed by atoms with Crippen LogP contribution in [0.4, 0.5) is 5.69 Å². The number of nitrogens with two attached hydrogens (primary N) is 1. The van der Waals surface area contributed by atoms with Gasteiger partial charge in [-0.25, -0.2) is 0 Å². The number of nitrogen functional groups attached to an aromatic ring is 1. The van der Waals surface area contributed by atoms with E-state index in [1.807, 2.05) is 19.1 Å². The number of carbonyl (C=O) groups excluding carboxylic acids is 1. The Labute approximate surface area is 124 Å². The average Bonchev–Trinajstić information content (AvgIpc) is 2.49. The number of rotatable bonds is 5. The summed E-state index contributed by atoms with van der Waals surface area (Å²) in [5, 5.41) is 9.13. The highest BCUT2D eigenvalue weighted by atomic mass is 16.5. The summed E-state index contributed by atoms with van der Waals surface area (Å²) in [6, 6.07) is 7.22. The molecule has 21 heavy (non-hydrogen) atoms. The summed E-state index contributed by atoms with van der Waals surface area (Å²) >= 11 is 0. The van der Waals surface area contributed by atoms with E-state index >= 15 is 0 Å². The topological polar surface area (TPSA) is 85.0 Å². The van der Waals surface area contributed by atoms with E-state index in [-0.39, 0.29) is 37.7 Å². The number of hydrogen-bond donors (Lipinski definition) is 2. The molecule has 0 radical (unpaired) electrons. The van der Waals surface area contributed by atoms with Crippen LogP contribution in [-0.4, -0.2) is 54.4 Å². The smallest absolute Gasteiger partial charge is 0.226 e. The number of aliphatic hydroxyl groups is 1. The van der Waals surface area contributed by atoms with Crippen molar-refractivity contribution in [2.24, 2.45) is 0 Å². The van der Waals surface area contributed by atoms with Gasteiger partial charge in [-0.15, -0.1) is 0 Å². The summed E-state index contributed by atoms with van der Waals surface area (Å²) in [4.78, 5) is 14.0. The first-order valence-electron chi connectivity index (χ1n) is 7.11. The Morgan fingerprint density at radius 1 is 1.52 bits per heavy atom. The molecule has 1 aromatic carbocycles. The fourth-order valence-corrected chi connectivity index (χ4v) is 2.28. The van der Waals surface area contributed by atoms with Crippen LogP contribution in [0.2, 0.25) is 0 Å². The zero-order valence-corrected chi connectivity index (χ0v) is 12.2. The molecule has 2 rings (SSSR count). The van der Waals surface area contributed by atoms with Crippen LogP contribution < -0.4 is 10.5 Å². The molecule has 116 valence electrons. The molecule has 1 aliphatic heterocycles. The number of morpholine rings is 1. The molecule has 0 bridgehead atoms. The van der Waals surface area contributed by atoms with Gasteiger partial charge in [0.05, 0.1) is 44.1 Å². The highest BCUT2D eigenvalue weighted by molar-refractivity contribution is 5.76. The molecule has 1 aliphatic rings.